The molecule has 0 spiro atoms. The lowest BCUT2D eigenvalue weighted by molar-refractivity contribution is 0.0601. The van der Waals surface area contributed by atoms with Crippen LogP contribution in [0.15, 0.2) is 42.5 Å². The minimum atomic E-state index is -0.388. The van der Waals surface area contributed by atoms with Gasteiger partial charge >= 0.3 is 5.97 Å². The van der Waals surface area contributed by atoms with E-state index < -0.39 is 0 Å². The van der Waals surface area contributed by atoms with Crippen molar-refractivity contribution >= 4 is 17.6 Å². The van der Waals surface area contributed by atoms with Crippen LogP contribution in [-0.4, -0.2) is 18.2 Å². The summed E-state index contributed by atoms with van der Waals surface area (Å²) in [6.07, 6.45) is 0. The summed E-state index contributed by atoms with van der Waals surface area (Å²) >= 11 is 5.90. The van der Waals surface area contributed by atoms with Gasteiger partial charge in [0.05, 0.1) is 19.3 Å². The van der Waals surface area contributed by atoms with E-state index in [2.05, 4.69) is 0 Å². The summed E-state index contributed by atoms with van der Waals surface area (Å²) < 4.78 is 4.69. The summed E-state index contributed by atoms with van der Waals surface area (Å²) in [7, 11) is 1.34. The molecule has 0 unspecified atom stereocenters. The summed E-state index contributed by atoms with van der Waals surface area (Å²) in [4.78, 5) is 11.5. The van der Waals surface area contributed by atoms with Crippen molar-refractivity contribution in [1.29, 1.82) is 0 Å². The molecule has 0 amide bonds. The number of aliphatic hydroxyl groups excluding tert-OH is 1. The smallest absolute Gasteiger partial charge is 0.337 e. The largest absolute Gasteiger partial charge is 0.465 e. The molecule has 2 aromatic carbocycles. The third-order valence-corrected chi connectivity index (χ3v) is 3.07. The first-order valence-corrected chi connectivity index (χ1v) is 6.11. The second kappa shape index (κ2) is 5.87. The zero-order valence-electron chi connectivity index (χ0n) is 10.4. The Morgan fingerprint density at radius 1 is 1.26 bits per heavy atom. The van der Waals surface area contributed by atoms with Crippen LogP contribution in [0.2, 0.25) is 5.02 Å². The van der Waals surface area contributed by atoms with Gasteiger partial charge in [-0.1, -0.05) is 29.8 Å². The minimum Gasteiger partial charge on any atom is -0.465 e. The molecule has 1 N–H and O–H groups in total. The summed E-state index contributed by atoms with van der Waals surface area (Å²) in [5, 5.41) is 9.95. The highest BCUT2D eigenvalue weighted by Gasteiger charge is 2.09. The predicted molar refractivity (Wildman–Crippen MR) is 74.2 cm³/mol. The number of halogens is 1. The number of carbonyl (C=O) groups excluding carboxylic acids is 1. The van der Waals surface area contributed by atoms with Gasteiger partial charge in [0.15, 0.2) is 0 Å². The van der Waals surface area contributed by atoms with Gasteiger partial charge in [-0.05, 0) is 41.0 Å². The minimum absolute atomic E-state index is 0.113. The molecule has 0 aromatic heterocycles. The summed E-state index contributed by atoms with van der Waals surface area (Å²) in [5.74, 6) is -0.388. The van der Waals surface area contributed by atoms with Gasteiger partial charge in [0.2, 0.25) is 0 Å². The topological polar surface area (TPSA) is 46.5 Å². The van der Waals surface area contributed by atoms with Gasteiger partial charge in [-0.25, -0.2) is 4.79 Å². The fourth-order valence-corrected chi connectivity index (χ4v) is 2.10. The number of rotatable bonds is 3. The van der Waals surface area contributed by atoms with Gasteiger partial charge in [-0.3, -0.25) is 0 Å². The van der Waals surface area contributed by atoms with Crippen LogP contribution in [0.4, 0.5) is 0 Å². The SMILES string of the molecule is COC(=O)c1cccc(-c2ccc(Cl)cc2CO)c1. The van der Waals surface area contributed by atoms with E-state index in [4.69, 9.17) is 16.3 Å². The van der Waals surface area contributed by atoms with E-state index >= 15 is 0 Å². The highest BCUT2D eigenvalue weighted by Crippen LogP contribution is 2.27. The number of hydrogen-bond donors (Lipinski definition) is 1. The number of esters is 1. The standard InChI is InChI=1S/C15H13ClO3/c1-19-15(18)11-4-2-3-10(7-11)14-6-5-13(16)8-12(14)9-17/h2-8,17H,9H2,1H3. The molecular weight excluding hydrogens is 264 g/mol. The van der Waals surface area contributed by atoms with E-state index in [0.717, 1.165) is 16.7 Å². The summed E-state index contributed by atoms with van der Waals surface area (Å²) in [6.45, 7) is -0.113. The van der Waals surface area contributed by atoms with Crippen molar-refractivity contribution in [3.63, 3.8) is 0 Å². The van der Waals surface area contributed by atoms with Crippen LogP contribution in [0.3, 0.4) is 0 Å². The van der Waals surface area contributed by atoms with Gasteiger partial charge in [0, 0.05) is 5.02 Å². The number of methoxy groups -OCH3 is 1. The number of carbonyl (C=O) groups is 1. The van der Waals surface area contributed by atoms with Crippen LogP contribution < -0.4 is 0 Å². The van der Waals surface area contributed by atoms with Crippen LogP contribution in [0, 0.1) is 0 Å². The van der Waals surface area contributed by atoms with Gasteiger partial charge in [-0.15, -0.1) is 0 Å². The van der Waals surface area contributed by atoms with Gasteiger partial charge < -0.3 is 9.84 Å². The monoisotopic (exact) mass is 276 g/mol. The number of benzene rings is 2. The van der Waals surface area contributed by atoms with Crippen molar-refractivity contribution in [1.82, 2.24) is 0 Å². The molecule has 0 saturated carbocycles. The van der Waals surface area contributed by atoms with E-state index in [9.17, 15) is 9.90 Å². The fourth-order valence-electron chi connectivity index (χ4n) is 1.91. The average Bonchev–Trinajstić information content (AvgIpc) is 2.46. The molecule has 0 aliphatic heterocycles. The molecule has 0 aliphatic carbocycles. The zero-order chi connectivity index (χ0) is 13.8. The molecule has 0 bridgehead atoms. The molecule has 2 aromatic rings. The first-order valence-electron chi connectivity index (χ1n) is 5.73. The Labute approximate surface area is 116 Å². The first-order chi connectivity index (χ1) is 9.15. The Morgan fingerprint density at radius 2 is 2.05 bits per heavy atom. The Hall–Kier alpha value is -1.84. The van der Waals surface area contributed by atoms with Gasteiger partial charge in [-0.2, -0.15) is 0 Å². The van der Waals surface area contributed by atoms with Crippen molar-refractivity contribution in [2.45, 2.75) is 6.61 Å². The molecule has 4 heteroatoms. The highest BCUT2D eigenvalue weighted by molar-refractivity contribution is 6.30. The lowest BCUT2D eigenvalue weighted by Gasteiger charge is -2.09. The molecule has 0 saturated heterocycles. The van der Waals surface area contributed by atoms with Crippen LogP contribution in [0.25, 0.3) is 11.1 Å². The Balaban J connectivity index is 2.50. The van der Waals surface area contributed by atoms with Crippen LogP contribution in [-0.2, 0) is 11.3 Å². The number of hydrogen-bond acceptors (Lipinski definition) is 3. The number of ether oxygens (including phenoxy) is 1. The lowest BCUT2D eigenvalue weighted by atomic mass is 9.98. The molecular formula is C15H13ClO3. The predicted octanol–water partition coefficient (Wildman–Crippen LogP) is 3.29. The second-order valence-electron chi connectivity index (χ2n) is 4.03. The molecule has 0 aliphatic rings. The van der Waals surface area contributed by atoms with Crippen molar-refractivity contribution in [3.8, 4) is 11.1 Å². The quantitative estimate of drug-likeness (QED) is 0.875. The number of aliphatic hydroxyl groups is 1. The Kier molecular flexibility index (Phi) is 4.20. The maximum atomic E-state index is 11.5. The van der Waals surface area contributed by atoms with Crippen LogP contribution >= 0.6 is 11.6 Å². The van der Waals surface area contributed by atoms with Crippen molar-refractivity contribution in [2.24, 2.45) is 0 Å². The van der Waals surface area contributed by atoms with Crippen molar-refractivity contribution in [3.05, 3.63) is 58.6 Å². The van der Waals surface area contributed by atoms with Gasteiger partial charge in [0.1, 0.15) is 0 Å². The third-order valence-electron chi connectivity index (χ3n) is 2.83. The lowest BCUT2D eigenvalue weighted by Crippen LogP contribution is -2.01. The van der Waals surface area contributed by atoms with E-state index in [0.29, 0.717) is 10.6 Å². The zero-order valence-corrected chi connectivity index (χ0v) is 11.1. The summed E-state index contributed by atoms with van der Waals surface area (Å²) in [6, 6.07) is 12.3. The van der Waals surface area contributed by atoms with E-state index in [1.165, 1.54) is 7.11 Å². The van der Waals surface area contributed by atoms with E-state index in [1.54, 1.807) is 30.3 Å². The molecule has 0 fully saturated rings. The Morgan fingerprint density at radius 3 is 2.74 bits per heavy atom. The Bertz CT molecular complexity index is 608. The molecule has 98 valence electrons. The molecule has 2 rings (SSSR count). The normalized spacial score (nSPS) is 10.3. The molecule has 0 heterocycles. The van der Waals surface area contributed by atoms with E-state index in [-0.39, 0.29) is 12.6 Å². The van der Waals surface area contributed by atoms with Crippen LogP contribution in [0.1, 0.15) is 15.9 Å². The molecule has 0 radical (unpaired) electrons. The average molecular weight is 277 g/mol. The molecule has 19 heavy (non-hydrogen) atoms. The van der Waals surface area contributed by atoms with Crippen molar-refractivity contribution in [2.75, 3.05) is 7.11 Å². The van der Waals surface area contributed by atoms with Crippen molar-refractivity contribution < 1.29 is 14.6 Å². The van der Waals surface area contributed by atoms with Gasteiger partial charge in [0.25, 0.3) is 0 Å². The van der Waals surface area contributed by atoms with Crippen LogP contribution in [0.5, 0.6) is 0 Å². The molecule has 3 nitrogen and oxygen atoms in total. The highest BCUT2D eigenvalue weighted by atomic mass is 35.5. The molecule has 0 atom stereocenters. The maximum Gasteiger partial charge on any atom is 0.337 e. The maximum absolute atomic E-state index is 11.5. The third kappa shape index (κ3) is 2.95. The fraction of sp³-hybridized carbons (Fsp3) is 0.133. The second-order valence-corrected chi connectivity index (χ2v) is 4.47. The van der Waals surface area contributed by atoms with E-state index in [1.807, 2.05) is 12.1 Å². The first kappa shape index (κ1) is 13.6. The summed E-state index contributed by atoms with van der Waals surface area (Å²) in [5.41, 5.74) is 2.87.